The van der Waals surface area contributed by atoms with Gasteiger partial charge in [-0.05, 0) is 88.5 Å². The lowest BCUT2D eigenvalue weighted by molar-refractivity contribution is -0.147. The normalized spacial score (nSPS) is 18.5. The first kappa shape index (κ1) is 61.7. The zero-order valence-corrected chi connectivity index (χ0v) is 42.1. The second-order valence-electron chi connectivity index (χ2n) is 19.5. The molecule has 9 amide bonds. The highest BCUT2D eigenvalue weighted by Crippen LogP contribution is 2.24. The van der Waals surface area contributed by atoms with Crippen molar-refractivity contribution in [2.45, 2.75) is 179 Å². The molecule has 0 aromatic heterocycles. The maximum atomic E-state index is 14.2. The summed E-state index contributed by atoms with van der Waals surface area (Å²) in [5.41, 5.74) is 16.9. The number of carbonyl (C=O) groups excluding carboxylic acids is 9. The van der Waals surface area contributed by atoms with Crippen LogP contribution in [0.4, 0.5) is 0 Å². The van der Waals surface area contributed by atoms with Gasteiger partial charge in [-0.15, -0.1) is 0 Å². The molecule has 0 aliphatic carbocycles. The van der Waals surface area contributed by atoms with Gasteiger partial charge in [0, 0.05) is 25.9 Å². The molecule has 2 rings (SSSR count). The van der Waals surface area contributed by atoms with Crippen LogP contribution in [0.2, 0.25) is 0 Å². The molecule has 0 unspecified atom stereocenters. The first-order chi connectivity index (χ1) is 33.7. The lowest BCUT2D eigenvalue weighted by atomic mass is 9.98. The third kappa shape index (κ3) is 19.6. The number of primary amides is 1. The highest BCUT2D eigenvalue weighted by Gasteiger charge is 2.43. The fourth-order valence-corrected chi connectivity index (χ4v) is 8.42. The number of aliphatic carboxylic acids is 3. The number of rotatable bonds is 31. The largest absolute Gasteiger partial charge is 0.481 e. The number of nitrogens with two attached hydrogens (primary N) is 3. The molecule has 0 bridgehead atoms. The van der Waals surface area contributed by atoms with E-state index >= 15 is 0 Å². The van der Waals surface area contributed by atoms with Gasteiger partial charge >= 0.3 is 17.9 Å². The van der Waals surface area contributed by atoms with Crippen molar-refractivity contribution < 1.29 is 72.9 Å². The third-order valence-electron chi connectivity index (χ3n) is 12.4. The number of carboxylic acids is 3. The third-order valence-corrected chi connectivity index (χ3v) is 12.4. The number of nitrogens with one attached hydrogen (secondary N) is 6. The van der Waals surface area contributed by atoms with Gasteiger partial charge in [0.05, 0.1) is 12.5 Å². The quantitative estimate of drug-likeness (QED) is 0.0316. The molecule has 2 fully saturated rings. The van der Waals surface area contributed by atoms with E-state index in [1.165, 1.54) is 9.80 Å². The van der Waals surface area contributed by atoms with Gasteiger partial charge in [0.2, 0.25) is 53.2 Å². The first-order valence-electron chi connectivity index (χ1n) is 24.5. The zero-order chi connectivity index (χ0) is 54.6. The smallest absolute Gasteiger partial charge is 0.326 e. The molecule has 15 N–H and O–H groups in total. The van der Waals surface area contributed by atoms with E-state index in [-0.39, 0.29) is 64.1 Å². The predicted molar refractivity (Wildman–Crippen MR) is 256 cm³/mol. The van der Waals surface area contributed by atoms with Crippen LogP contribution < -0.4 is 49.1 Å². The van der Waals surface area contributed by atoms with Crippen LogP contribution in [0.25, 0.3) is 0 Å². The average Bonchev–Trinajstić information content (AvgIpc) is 4.00. The van der Waals surface area contributed by atoms with Crippen molar-refractivity contribution in [1.29, 1.82) is 0 Å². The van der Waals surface area contributed by atoms with E-state index in [1.807, 2.05) is 5.32 Å². The molecule has 406 valence electrons. The zero-order valence-electron chi connectivity index (χ0n) is 42.1. The number of nitrogens with zero attached hydrogens (tertiary/aromatic N) is 2. The van der Waals surface area contributed by atoms with Gasteiger partial charge in [0.15, 0.2) is 0 Å². The minimum Gasteiger partial charge on any atom is -0.481 e. The molecule has 2 heterocycles. The van der Waals surface area contributed by atoms with Crippen molar-refractivity contribution in [2.24, 2.45) is 35.0 Å². The van der Waals surface area contributed by atoms with Gasteiger partial charge in [-0.3, -0.25) is 52.7 Å². The van der Waals surface area contributed by atoms with E-state index < -0.39 is 157 Å². The van der Waals surface area contributed by atoms with Crippen LogP contribution in [0.5, 0.6) is 0 Å². The lowest BCUT2D eigenvalue weighted by Crippen LogP contribution is -2.61. The molecule has 0 spiro atoms. The number of carbonyl (C=O) groups is 12. The molecule has 72 heavy (non-hydrogen) atoms. The van der Waals surface area contributed by atoms with Crippen LogP contribution in [0, 0.1) is 17.8 Å². The van der Waals surface area contributed by atoms with Crippen molar-refractivity contribution in [3.8, 4) is 0 Å². The van der Waals surface area contributed by atoms with Crippen LogP contribution in [0.1, 0.15) is 125 Å². The van der Waals surface area contributed by atoms with Crippen molar-refractivity contribution >= 4 is 71.1 Å². The number of hydrogen-bond acceptors (Lipinski definition) is 14. The molecule has 0 saturated carbocycles. The highest BCUT2D eigenvalue weighted by atomic mass is 16.4. The van der Waals surface area contributed by atoms with Gasteiger partial charge < -0.3 is 74.2 Å². The van der Waals surface area contributed by atoms with Crippen LogP contribution in [0.3, 0.4) is 0 Å². The van der Waals surface area contributed by atoms with Crippen LogP contribution in [-0.2, 0) is 57.5 Å². The molecule has 0 aromatic carbocycles. The fraction of sp³-hybridized carbons (Fsp3) is 0.739. The van der Waals surface area contributed by atoms with Gasteiger partial charge in [-0.25, -0.2) is 4.79 Å². The Morgan fingerprint density at radius 3 is 1.54 bits per heavy atom. The first-order valence-corrected chi connectivity index (χ1v) is 24.5. The second-order valence-corrected chi connectivity index (χ2v) is 19.5. The van der Waals surface area contributed by atoms with E-state index in [0.29, 0.717) is 25.7 Å². The van der Waals surface area contributed by atoms with Gasteiger partial charge in [0.1, 0.15) is 48.3 Å². The molecule has 26 nitrogen and oxygen atoms in total. The molecule has 2 aliphatic heterocycles. The summed E-state index contributed by atoms with van der Waals surface area (Å²) in [5, 5.41) is 42.9. The number of likely N-dealkylation sites (tertiary alicyclic amines) is 2. The van der Waals surface area contributed by atoms with E-state index in [4.69, 9.17) is 27.4 Å². The Labute approximate surface area is 418 Å². The summed E-state index contributed by atoms with van der Waals surface area (Å²) in [6, 6.07) is -11.6. The summed E-state index contributed by atoms with van der Waals surface area (Å²) < 4.78 is 0. The predicted octanol–water partition coefficient (Wildman–Crippen LogP) is -2.62. The molecule has 0 aromatic rings. The van der Waals surface area contributed by atoms with Crippen LogP contribution >= 0.6 is 0 Å². The maximum absolute atomic E-state index is 14.2. The van der Waals surface area contributed by atoms with E-state index in [2.05, 4.69) is 26.6 Å². The highest BCUT2D eigenvalue weighted by molar-refractivity contribution is 5.98. The Balaban J connectivity index is 2.30. The summed E-state index contributed by atoms with van der Waals surface area (Å²) in [6.45, 7) is 10.9. The average molecular weight is 1020 g/mol. The van der Waals surface area contributed by atoms with Crippen molar-refractivity contribution in [2.75, 3.05) is 19.6 Å². The molecule has 2 aliphatic rings. The summed E-state index contributed by atoms with van der Waals surface area (Å²) in [7, 11) is 0. The second kappa shape index (κ2) is 29.8. The summed E-state index contributed by atoms with van der Waals surface area (Å²) in [6.07, 6.45) is -0.116. The van der Waals surface area contributed by atoms with E-state index in [0.717, 1.165) is 0 Å². The minimum absolute atomic E-state index is 0.0258. The Morgan fingerprint density at radius 2 is 1.06 bits per heavy atom. The molecule has 0 radical (unpaired) electrons. The van der Waals surface area contributed by atoms with E-state index in [1.54, 1.807) is 41.5 Å². The molecule has 26 heteroatoms. The van der Waals surface area contributed by atoms with Gasteiger partial charge in [-0.2, -0.15) is 0 Å². The van der Waals surface area contributed by atoms with Gasteiger partial charge in [-0.1, -0.05) is 41.5 Å². The Bertz CT molecular complexity index is 1970. The van der Waals surface area contributed by atoms with Crippen LogP contribution in [-0.4, -0.2) is 170 Å². The van der Waals surface area contributed by atoms with Crippen molar-refractivity contribution in [3.63, 3.8) is 0 Å². The topological polar surface area (TPSA) is 422 Å². The fourth-order valence-electron chi connectivity index (χ4n) is 8.42. The molecular weight excluding hydrogens is 947 g/mol. The number of unbranched alkanes of at least 4 members (excludes halogenated alkanes) is 1. The van der Waals surface area contributed by atoms with Crippen LogP contribution in [0.15, 0.2) is 0 Å². The standard InChI is InChI=1S/C46H77N11O15/c1-23(2)21-29(52-41(66)31-12-10-20-57(31)45(70)37(25(5)6)55-42(67)32-13-9-19-56(32)44(69)26(48)14-17-34(59)60)40(65)54-36(24(3)4)43(68)51-27(11-7-8-18-47)38(63)50-28(15-16-33(49)58)39(64)53-30(46(71)72)22-35(61)62/h23-32,36-37H,7-22,47-48H2,1-6H3,(H2,49,58)(H,50,63)(H,51,68)(H,52,66)(H,53,64)(H,54,65)(H,55,67)(H,59,60)(H,61,62)(H,71,72)/t26-,27-,28-,29-,30-,31-,32-,36-,37-/m0/s1. The number of carboxylic acid groups (broad SMARTS) is 3. The number of amides is 9. The summed E-state index contributed by atoms with van der Waals surface area (Å²) >= 11 is 0. The summed E-state index contributed by atoms with van der Waals surface area (Å²) in [5.74, 6) is -12.5. The van der Waals surface area contributed by atoms with Crippen molar-refractivity contribution in [3.05, 3.63) is 0 Å². The molecule has 9 atom stereocenters. The number of hydrogen-bond donors (Lipinski definition) is 12. The maximum Gasteiger partial charge on any atom is 0.326 e. The summed E-state index contributed by atoms with van der Waals surface area (Å²) in [4.78, 5) is 159. The Hall–Kier alpha value is -6.44. The Morgan fingerprint density at radius 1 is 0.556 bits per heavy atom. The minimum atomic E-state index is -1.89. The molecule has 2 saturated heterocycles. The molecular formula is C46H77N11O15. The van der Waals surface area contributed by atoms with Crippen molar-refractivity contribution in [1.82, 2.24) is 41.7 Å². The van der Waals surface area contributed by atoms with E-state index in [9.17, 15) is 62.6 Å². The Kier molecular flexibility index (Phi) is 25.5. The lowest BCUT2D eigenvalue weighted by Gasteiger charge is -2.33. The monoisotopic (exact) mass is 1020 g/mol. The van der Waals surface area contributed by atoms with Gasteiger partial charge in [0.25, 0.3) is 0 Å². The SMILES string of the molecule is CC(C)C[C@H](NC(=O)[C@@H]1CCCN1C(=O)[C@@H](NC(=O)[C@@H]1CCCN1C(=O)[C@@H](N)CCC(=O)O)C(C)C)C(=O)N[C@H](C(=O)N[C@@H](CCCCN)C(=O)N[C@@H](CCC(N)=O)C(=O)N[C@@H](CC(=O)O)C(=O)O)C(C)C.